The Bertz CT molecular complexity index is 740. The van der Waals surface area contributed by atoms with Gasteiger partial charge in [0.1, 0.15) is 11.5 Å². The van der Waals surface area contributed by atoms with Crippen LogP contribution < -0.4 is 10.2 Å². The van der Waals surface area contributed by atoms with E-state index in [1.807, 2.05) is 0 Å². The molecule has 1 saturated heterocycles. The molecule has 25 heavy (non-hydrogen) atoms. The van der Waals surface area contributed by atoms with Gasteiger partial charge in [-0.3, -0.25) is 4.79 Å². The van der Waals surface area contributed by atoms with Gasteiger partial charge >= 0.3 is 6.18 Å². The summed E-state index contributed by atoms with van der Waals surface area (Å²) in [5.41, 5.74) is -0.711. The lowest BCUT2D eigenvalue weighted by Crippen LogP contribution is -2.30. The minimum absolute atomic E-state index is 0.0539. The molecule has 0 bridgehead atoms. The molecule has 1 amide bonds. The van der Waals surface area contributed by atoms with Crippen LogP contribution in [0.5, 0.6) is 0 Å². The van der Waals surface area contributed by atoms with Crippen LogP contribution in [0.3, 0.4) is 0 Å². The summed E-state index contributed by atoms with van der Waals surface area (Å²) >= 11 is 0. The van der Waals surface area contributed by atoms with E-state index in [1.165, 1.54) is 30.9 Å². The minimum Gasteiger partial charge on any atom is -0.355 e. The van der Waals surface area contributed by atoms with Gasteiger partial charge < -0.3 is 10.2 Å². The molecule has 0 spiro atoms. The Morgan fingerprint density at radius 2 is 1.84 bits per heavy atom. The van der Waals surface area contributed by atoms with E-state index in [2.05, 4.69) is 20.2 Å². The van der Waals surface area contributed by atoms with Gasteiger partial charge in [-0.1, -0.05) is 6.07 Å². The molecular weight excluding hydrogens is 333 g/mol. The number of piperidine rings is 1. The maximum absolute atomic E-state index is 12.7. The molecule has 0 aliphatic carbocycles. The lowest BCUT2D eigenvalue weighted by molar-refractivity contribution is -0.137. The van der Waals surface area contributed by atoms with Gasteiger partial charge in [-0.15, -0.1) is 0 Å². The van der Waals surface area contributed by atoms with E-state index in [1.54, 1.807) is 0 Å². The summed E-state index contributed by atoms with van der Waals surface area (Å²) in [5.74, 6) is 0.104. The highest BCUT2D eigenvalue weighted by molar-refractivity contribution is 6.02. The molecule has 8 heteroatoms. The Balaban J connectivity index is 1.69. The van der Waals surface area contributed by atoms with Gasteiger partial charge in [0.25, 0.3) is 5.91 Å². The van der Waals surface area contributed by atoms with E-state index in [0.29, 0.717) is 5.82 Å². The number of rotatable bonds is 3. The molecule has 0 saturated carbocycles. The first-order chi connectivity index (χ1) is 11.9. The lowest BCUT2D eigenvalue weighted by Gasteiger charge is -2.27. The molecule has 5 nitrogen and oxygen atoms in total. The quantitative estimate of drug-likeness (QED) is 0.916. The van der Waals surface area contributed by atoms with E-state index in [9.17, 15) is 18.0 Å². The fourth-order valence-electron chi connectivity index (χ4n) is 2.69. The molecule has 1 aromatic heterocycles. The average Bonchev–Trinajstić information content (AvgIpc) is 2.62. The van der Waals surface area contributed by atoms with Crippen molar-refractivity contribution in [2.24, 2.45) is 0 Å². The second-order valence-electron chi connectivity index (χ2n) is 5.84. The Morgan fingerprint density at radius 1 is 1.08 bits per heavy atom. The highest BCUT2D eigenvalue weighted by atomic mass is 19.4. The number of nitrogens with zero attached hydrogens (tertiary/aromatic N) is 3. The number of hydrogen-bond donors (Lipinski definition) is 1. The summed E-state index contributed by atoms with van der Waals surface area (Å²) in [6.45, 7) is 1.81. The second-order valence-corrected chi connectivity index (χ2v) is 5.84. The van der Waals surface area contributed by atoms with E-state index in [-0.39, 0.29) is 11.4 Å². The van der Waals surface area contributed by atoms with Crippen LogP contribution in [-0.4, -0.2) is 29.0 Å². The Morgan fingerprint density at radius 3 is 2.48 bits per heavy atom. The largest absolute Gasteiger partial charge is 0.416 e. The van der Waals surface area contributed by atoms with E-state index in [0.717, 1.165) is 38.1 Å². The first-order valence-electron chi connectivity index (χ1n) is 7.99. The third-order valence-corrected chi connectivity index (χ3v) is 4.00. The molecule has 3 rings (SSSR count). The van der Waals surface area contributed by atoms with Crippen LogP contribution in [0.2, 0.25) is 0 Å². The van der Waals surface area contributed by atoms with Crippen molar-refractivity contribution in [3.8, 4) is 0 Å². The standard InChI is InChI=1S/C17H17F3N4O/c18-17(19,20)12-5-4-6-13(9-12)23-16(25)14-10-22-15(11-21-14)24-7-2-1-3-8-24/h4-6,9-11H,1-3,7-8H2,(H,23,25). The molecule has 2 heterocycles. The third-order valence-electron chi connectivity index (χ3n) is 4.00. The van der Waals surface area contributed by atoms with Crippen molar-refractivity contribution < 1.29 is 18.0 Å². The van der Waals surface area contributed by atoms with Crippen molar-refractivity contribution in [2.75, 3.05) is 23.3 Å². The molecule has 0 unspecified atom stereocenters. The van der Waals surface area contributed by atoms with E-state index < -0.39 is 17.6 Å². The topological polar surface area (TPSA) is 58.1 Å². The van der Waals surface area contributed by atoms with Crippen molar-refractivity contribution in [1.29, 1.82) is 0 Å². The Hall–Kier alpha value is -2.64. The monoisotopic (exact) mass is 350 g/mol. The summed E-state index contributed by atoms with van der Waals surface area (Å²) in [6, 6.07) is 4.46. The number of carbonyl (C=O) groups excluding carboxylic acids is 1. The fraction of sp³-hybridized carbons (Fsp3) is 0.353. The predicted octanol–water partition coefficient (Wildman–Crippen LogP) is 3.74. The number of amides is 1. The number of carbonyl (C=O) groups is 1. The van der Waals surface area contributed by atoms with Gasteiger partial charge in [-0.25, -0.2) is 9.97 Å². The van der Waals surface area contributed by atoms with Crippen LogP contribution >= 0.6 is 0 Å². The maximum atomic E-state index is 12.7. The molecule has 0 radical (unpaired) electrons. The molecule has 1 aromatic carbocycles. The summed E-state index contributed by atoms with van der Waals surface area (Å²) in [7, 11) is 0. The first kappa shape index (κ1) is 17.2. The summed E-state index contributed by atoms with van der Waals surface area (Å²) in [6.07, 6.45) is 1.79. The zero-order valence-corrected chi connectivity index (χ0v) is 13.4. The molecule has 132 valence electrons. The van der Waals surface area contributed by atoms with Gasteiger partial charge in [0.2, 0.25) is 0 Å². The van der Waals surface area contributed by atoms with Gasteiger partial charge in [-0.2, -0.15) is 13.2 Å². The number of anilines is 2. The van der Waals surface area contributed by atoms with Crippen LogP contribution in [0.25, 0.3) is 0 Å². The first-order valence-corrected chi connectivity index (χ1v) is 7.99. The fourth-order valence-corrected chi connectivity index (χ4v) is 2.69. The van der Waals surface area contributed by atoms with Crippen LogP contribution in [0.1, 0.15) is 35.3 Å². The number of aromatic nitrogens is 2. The van der Waals surface area contributed by atoms with Crippen LogP contribution in [0.4, 0.5) is 24.7 Å². The Labute approximate surface area is 142 Å². The number of nitrogens with one attached hydrogen (secondary N) is 1. The molecule has 0 atom stereocenters. The number of benzene rings is 1. The lowest BCUT2D eigenvalue weighted by atomic mass is 10.1. The minimum atomic E-state index is -4.46. The zero-order chi connectivity index (χ0) is 17.9. The summed E-state index contributed by atoms with van der Waals surface area (Å²) < 4.78 is 38.1. The maximum Gasteiger partial charge on any atom is 0.416 e. The van der Waals surface area contributed by atoms with Crippen molar-refractivity contribution >= 4 is 17.4 Å². The van der Waals surface area contributed by atoms with Gasteiger partial charge in [0, 0.05) is 18.8 Å². The number of halogens is 3. The highest BCUT2D eigenvalue weighted by Crippen LogP contribution is 2.30. The molecule has 1 aliphatic heterocycles. The van der Waals surface area contributed by atoms with Crippen molar-refractivity contribution in [3.63, 3.8) is 0 Å². The molecule has 1 N–H and O–H groups in total. The van der Waals surface area contributed by atoms with Crippen LogP contribution in [0.15, 0.2) is 36.7 Å². The Kier molecular flexibility index (Phi) is 4.87. The SMILES string of the molecule is O=C(Nc1cccc(C(F)(F)F)c1)c1cnc(N2CCCCC2)cn1. The molecule has 2 aromatic rings. The number of hydrogen-bond acceptors (Lipinski definition) is 4. The smallest absolute Gasteiger partial charge is 0.355 e. The van der Waals surface area contributed by atoms with Crippen molar-refractivity contribution in [1.82, 2.24) is 9.97 Å². The molecular formula is C17H17F3N4O. The summed E-state index contributed by atoms with van der Waals surface area (Å²) in [5, 5.41) is 2.41. The van der Waals surface area contributed by atoms with Crippen molar-refractivity contribution in [3.05, 3.63) is 47.9 Å². The predicted molar refractivity (Wildman–Crippen MR) is 87.5 cm³/mol. The normalized spacial score (nSPS) is 15.1. The second kappa shape index (κ2) is 7.08. The number of alkyl halides is 3. The zero-order valence-electron chi connectivity index (χ0n) is 13.4. The molecule has 1 fully saturated rings. The van der Waals surface area contributed by atoms with Gasteiger partial charge in [-0.05, 0) is 37.5 Å². The van der Waals surface area contributed by atoms with E-state index >= 15 is 0 Å². The average molecular weight is 350 g/mol. The molecule has 1 aliphatic rings. The van der Waals surface area contributed by atoms with E-state index in [4.69, 9.17) is 0 Å². The van der Waals surface area contributed by atoms with Gasteiger partial charge in [0.05, 0.1) is 18.0 Å². The van der Waals surface area contributed by atoms with Crippen LogP contribution in [0, 0.1) is 0 Å². The highest BCUT2D eigenvalue weighted by Gasteiger charge is 2.30. The summed E-state index contributed by atoms with van der Waals surface area (Å²) in [4.78, 5) is 22.6. The van der Waals surface area contributed by atoms with Crippen LogP contribution in [-0.2, 0) is 6.18 Å². The van der Waals surface area contributed by atoms with Gasteiger partial charge in [0.15, 0.2) is 0 Å². The van der Waals surface area contributed by atoms with Crippen molar-refractivity contribution in [2.45, 2.75) is 25.4 Å². The third kappa shape index (κ3) is 4.26.